The van der Waals surface area contributed by atoms with E-state index in [-0.39, 0.29) is 18.9 Å². The highest BCUT2D eigenvalue weighted by Crippen LogP contribution is 2.17. The zero-order valence-electron chi connectivity index (χ0n) is 42.0. The Balaban J connectivity index is 3.45. The Bertz CT molecular complexity index is 920. The van der Waals surface area contributed by atoms with Gasteiger partial charge in [0.05, 0.1) is 31.3 Å². The normalized spacial score (nSPS) is 13.4. The average Bonchev–Trinajstić information content (AvgIpc) is 3.27. The molecule has 0 fully saturated rings. The molecule has 0 bridgehead atoms. The van der Waals surface area contributed by atoms with Gasteiger partial charge in [-0.05, 0) is 44.9 Å². The topological polar surface area (TPSA) is 89.8 Å². The highest BCUT2D eigenvalue weighted by Gasteiger charge is 2.20. The fourth-order valence-corrected chi connectivity index (χ4v) is 8.93. The lowest BCUT2D eigenvalue weighted by Crippen LogP contribution is -2.45. The highest BCUT2D eigenvalue weighted by molar-refractivity contribution is 5.76. The van der Waals surface area contributed by atoms with Crippen molar-refractivity contribution < 1.29 is 20.1 Å². The van der Waals surface area contributed by atoms with Gasteiger partial charge in [0.25, 0.3) is 0 Å². The van der Waals surface area contributed by atoms with Crippen molar-refractivity contribution in [1.29, 1.82) is 0 Å². The molecule has 0 aliphatic heterocycles. The van der Waals surface area contributed by atoms with E-state index in [0.717, 1.165) is 25.7 Å². The molecule has 0 spiro atoms. The molecule has 0 aromatic heterocycles. The van der Waals surface area contributed by atoms with Gasteiger partial charge in [0.2, 0.25) is 5.91 Å². The van der Waals surface area contributed by atoms with Crippen LogP contribution in [0.2, 0.25) is 0 Å². The van der Waals surface area contributed by atoms with Crippen molar-refractivity contribution in [3.63, 3.8) is 0 Å². The van der Waals surface area contributed by atoms with E-state index in [1.54, 1.807) is 6.08 Å². The van der Waals surface area contributed by atoms with Gasteiger partial charge in [0.15, 0.2) is 0 Å². The average molecular weight is 875 g/mol. The Morgan fingerprint density at radius 3 is 0.984 bits per heavy atom. The summed E-state index contributed by atoms with van der Waals surface area (Å²) in [4.78, 5) is 12.5. The first-order valence-corrected chi connectivity index (χ1v) is 28.1. The number of allylic oxidation sites excluding steroid dienone is 3. The van der Waals surface area contributed by atoms with Crippen LogP contribution in [-0.2, 0) is 4.79 Å². The molecule has 0 aliphatic carbocycles. The number of nitrogens with one attached hydrogen (secondary N) is 1. The third kappa shape index (κ3) is 48.3. The maximum Gasteiger partial charge on any atom is 0.222 e. The summed E-state index contributed by atoms with van der Waals surface area (Å²) >= 11 is 0. The number of aliphatic hydroxyl groups is 3. The lowest BCUT2D eigenvalue weighted by atomic mass is 10.0. The quantitative estimate of drug-likeness (QED) is 0.0362. The van der Waals surface area contributed by atoms with Gasteiger partial charge in [0.1, 0.15) is 0 Å². The summed E-state index contributed by atoms with van der Waals surface area (Å²) in [6.07, 6.45) is 66.7. The first kappa shape index (κ1) is 60.8. The molecule has 3 unspecified atom stereocenters. The van der Waals surface area contributed by atoms with E-state index in [9.17, 15) is 20.1 Å². The SMILES string of the molecule is CCCCCCCCCCCC/C=C/C(O)C(CO)NC(=O)CC(O)CCCCCCCCCCCCCCCCC/C=C\CCCCCCCCCCCCCCCCCC. The molecule has 0 aliphatic rings. The van der Waals surface area contributed by atoms with E-state index in [4.69, 9.17) is 0 Å². The molecule has 368 valence electrons. The fourth-order valence-electron chi connectivity index (χ4n) is 8.93. The number of rotatable bonds is 52. The van der Waals surface area contributed by atoms with Crippen molar-refractivity contribution in [1.82, 2.24) is 5.32 Å². The van der Waals surface area contributed by atoms with Gasteiger partial charge in [-0.1, -0.05) is 282 Å². The van der Waals surface area contributed by atoms with Gasteiger partial charge in [0, 0.05) is 0 Å². The van der Waals surface area contributed by atoms with Crippen LogP contribution < -0.4 is 5.32 Å². The van der Waals surface area contributed by atoms with Crippen molar-refractivity contribution in [3.8, 4) is 0 Å². The van der Waals surface area contributed by atoms with E-state index in [1.807, 2.05) is 6.08 Å². The smallest absolute Gasteiger partial charge is 0.222 e. The van der Waals surface area contributed by atoms with Crippen molar-refractivity contribution in [2.75, 3.05) is 6.61 Å². The molecule has 3 atom stereocenters. The molecule has 0 rings (SSSR count). The molecule has 0 heterocycles. The molecular weight excluding hydrogens is 763 g/mol. The maximum atomic E-state index is 12.5. The molecule has 0 radical (unpaired) electrons. The van der Waals surface area contributed by atoms with Gasteiger partial charge < -0.3 is 20.6 Å². The van der Waals surface area contributed by atoms with E-state index >= 15 is 0 Å². The third-order valence-electron chi connectivity index (χ3n) is 13.2. The second kappa shape index (κ2) is 52.5. The minimum atomic E-state index is -0.926. The largest absolute Gasteiger partial charge is 0.394 e. The van der Waals surface area contributed by atoms with Crippen molar-refractivity contribution >= 4 is 5.91 Å². The maximum absolute atomic E-state index is 12.5. The van der Waals surface area contributed by atoms with E-state index < -0.39 is 18.2 Å². The van der Waals surface area contributed by atoms with Gasteiger partial charge in [-0.15, -0.1) is 0 Å². The van der Waals surface area contributed by atoms with Gasteiger partial charge in [-0.25, -0.2) is 0 Å². The van der Waals surface area contributed by atoms with Crippen LogP contribution in [0.1, 0.15) is 309 Å². The standard InChI is InChI=1S/C57H111NO4/c1-3-5-7-9-11-13-15-17-18-19-20-21-22-23-24-25-26-27-28-29-30-31-32-33-34-35-36-37-38-39-40-42-44-46-48-50-54(60)52-57(62)58-55(53-59)56(61)51-49-47-45-43-41-16-14-12-10-8-6-4-2/h27-28,49,51,54-56,59-61H,3-26,29-48,50,52-53H2,1-2H3,(H,58,62)/b28-27-,51-49+. The van der Waals surface area contributed by atoms with Crippen LogP contribution >= 0.6 is 0 Å². The molecule has 0 saturated heterocycles. The van der Waals surface area contributed by atoms with Crippen LogP contribution in [0.25, 0.3) is 0 Å². The second-order valence-electron chi connectivity index (χ2n) is 19.5. The summed E-state index contributed by atoms with van der Waals surface area (Å²) in [5, 5.41) is 33.3. The van der Waals surface area contributed by atoms with Crippen molar-refractivity contribution in [2.24, 2.45) is 0 Å². The molecule has 1 amide bonds. The molecule has 5 heteroatoms. The summed E-state index contributed by atoms with van der Waals surface area (Å²) in [5.74, 6) is -0.312. The lowest BCUT2D eigenvalue weighted by Gasteiger charge is -2.21. The predicted octanol–water partition coefficient (Wildman–Crippen LogP) is 17.3. The first-order valence-electron chi connectivity index (χ1n) is 28.1. The molecular formula is C57H111NO4. The lowest BCUT2D eigenvalue weighted by molar-refractivity contribution is -0.124. The Morgan fingerprint density at radius 1 is 0.403 bits per heavy atom. The van der Waals surface area contributed by atoms with Crippen LogP contribution in [0.3, 0.4) is 0 Å². The van der Waals surface area contributed by atoms with Gasteiger partial charge in [-0.3, -0.25) is 4.79 Å². The zero-order valence-corrected chi connectivity index (χ0v) is 42.0. The summed E-state index contributed by atoms with van der Waals surface area (Å²) < 4.78 is 0. The molecule has 4 N–H and O–H groups in total. The number of hydrogen-bond acceptors (Lipinski definition) is 4. The number of aliphatic hydroxyl groups excluding tert-OH is 3. The third-order valence-corrected chi connectivity index (χ3v) is 13.2. The van der Waals surface area contributed by atoms with Crippen LogP contribution in [0.5, 0.6) is 0 Å². The van der Waals surface area contributed by atoms with Crippen molar-refractivity contribution in [2.45, 2.75) is 327 Å². The molecule has 5 nitrogen and oxygen atoms in total. The van der Waals surface area contributed by atoms with Crippen LogP contribution in [0.15, 0.2) is 24.3 Å². The summed E-state index contributed by atoms with van der Waals surface area (Å²) in [5.41, 5.74) is 0. The zero-order chi connectivity index (χ0) is 45.1. The van der Waals surface area contributed by atoms with E-state index in [1.165, 1.54) is 257 Å². The van der Waals surface area contributed by atoms with Crippen LogP contribution in [-0.4, -0.2) is 46.1 Å². The highest BCUT2D eigenvalue weighted by atomic mass is 16.3. The Labute approximate surface area is 388 Å². The Kier molecular flexibility index (Phi) is 51.5. The summed E-state index contributed by atoms with van der Waals surface area (Å²) in [6, 6.07) is -0.741. The van der Waals surface area contributed by atoms with E-state index in [2.05, 4.69) is 31.3 Å². The minimum absolute atomic E-state index is 0.0167. The van der Waals surface area contributed by atoms with Crippen LogP contribution in [0.4, 0.5) is 0 Å². The molecule has 0 aromatic carbocycles. The number of unbranched alkanes of at least 4 members (excludes halogenated alkanes) is 41. The molecule has 62 heavy (non-hydrogen) atoms. The van der Waals surface area contributed by atoms with Crippen molar-refractivity contribution in [3.05, 3.63) is 24.3 Å². The number of amides is 1. The van der Waals surface area contributed by atoms with Crippen LogP contribution in [0, 0.1) is 0 Å². The number of hydrogen-bond donors (Lipinski definition) is 4. The van der Waals surface area contributed by atoms with Gasteiger partial charge in [-0.2, -0.15) is 0 Å². The Hall–Kier alpha value is -1.17. The monoisotopic (exact) mass is 874 g/mol. The number of carbonyl (C=O) groups is 1. The summed E-state index contributed by atoms with van der Waals surface area (Å²) in [7, 11) is 0. The number of carbonyl (C=O) groups excluding carboxylic acids is 1. The predicted molar refractivity (Wildman–Crippen MR) is 273 cm³/mol. The molecule has 0 aromatic rings. The Morgan fingerprint density at radius 2 is 0.677 bits per heavy atom. The minimum Gasteiger partial charge on any atom is -0.394 e. The van der Waals surface area contributed by atoms with Gasteiger partial charge >= 0.3 is 0 Å². The summed E-state index contributed by atoms with van der Waals surface area (Å²) in [6.45, 7) is 4.23. The second-order valence-corrected chi connectivity index (χ2v) is 19.5. The molecule has 0 saturated carbocycles. The first-order chi connectivity index (χ1) is 30.5. The fraction of sp³-hybridized carbons (Fsp3) is 0.912. The van der Waals surface area contributed by atoms with E-state index in [0.29, 0.717) is 6.42 Å².